The zero-order valence-corrected chi connectivity index (χ0v) is 11.8. The normalized spacial score (nSPS) is 11.4. The Hall–Kier alpha value is -1.08. The van der Waals surface area contributed by atoms with Crippen LogP contribution in [0, 0.1) is 0 Å². The van der Waals surface area contributed by atoms with Crippen molar-refractivity contribution in [3.05, 3.63) is 46.8 Å². The highest BCUT2D eigenvalue weighted by molar-refractivity contribution is 7.13. The lowest BCUT2D eigenvalue weighted by molar-refractivity contribution is 0.839. The number of benzene rings is 1. The minimum Gasteiger partial charge on any atom is -0.144 e. The topological polar surface area (TPSA) is 0 Å². The van der Waals surface area contributed by atoms with E-state index in [1.165, 1.54) is 21.6 Å². The Kier molecular flexibility index (Phi) is 3.68. The minimum absolute atomic E-state index is 0.575. The summed E-state index contributed by atoms with van der Waals surface area (Å²) >= 11 is 1.84. The lowest BCUT2D eigenvalue weighted by atomic mass is 9.88. The van der Waals surface area contributed by atoms with E-state index in [1.807, 2.05) is 11.3 Å². The van der Waals surface area contributed by atoms with Crippen molar-refractivity contribution in [2.45, 2.75) is 39.5 Å². The van der Waals surface area contributed by atoms with Crippen LogP contribution in [-0.4, -0.2) is 0 Å². The van der Waals surface area contributed by atoms with E-state index in [0.717, 1.165) is 0 Å². The molecule has 0 saturated carbocycles. The van der Waals surface area contributed by atoms with Crippen molar-refractivity contribution < 1.29 is 0 Å². The quantitative estimate of drug-likeness (QED) is 0.653. The van der Waals surface area contributed by atoms with Gasteiger partial charge in [0.2, 0.25) is 0 Å². The highest BCUT2D eigenvalue weighted by Crippen LogP contribution is 2.37. The SMILES string of the molecule is CC(C)c1cccc(C(C)C)c1-c1cccs1. The van der Waals surface area contributed by atoms with Gasteiger partial charge in [-0.2, -0.15) is 0 Å². The van der Waals surface area contributed by atoms with Crippen LogP contribution >= 0.6 is 11.3 Å². The molecule has 0 nitrogen and oxygen atoms in total. The molecule has 0 bridgehead atoms. The zero-order valence-electron chi connectivity index (χ0n) is 11.0. The van der Waals surface area contributed by atoms with E-state index in [4.69, 9.17) is 0 Å². The average Bonchev–Trinajstić information content (AvgIpc) is 2.80. The van der Waals surface area contributed by atoms with Gasteiger partial charge in [-0.15, -0.1) is 11.3 Å². The lowest BCUT2D eigenvalue weighted by Crippen LogP contribution is -1.98. The molecule has 0 N–H and O–H groups in total. The maximum Gasteiger partial charge on any atom is 0.0348 e. The average molecular weight is 244 g/mol. The predicted molar refractivity (Wildman–Crippen MR) is 77.9 cm³/mol. The van der Waals surface area contributed by atoms with Gasteiger partial charge >= 0.3 is 0 Å². The maximum absolute atomic E-state index is 2.27. The first-order chi connectivity index (χ1) is 8.11. The van der Waals surface area contributed by atoms with Crippen LogP contribution in [0.25, 0.3) is 10.4 Å². The van der Waals surface area contributed by atoms with Gasteiger partial charge in [0.15, 0.2) is 0 Å². The number of hydrogen-bond acceptors (Lipinski definition) is 1. The second-order valence-corrected chi connectivity index (χ2v) is 6.05. The summed E-state index contributed by atoms with van der Waals surface area (Å²) in [6, 6.07) is 11.1. The van der Waals surface area contributed by atoms with Gasteiger partial charge in [-0.3, -0.25) is 0 Å². The number of hydrogen-bond donors (Lipinski definition) is 0. The van der Waals surface area contributed by atoms with E-state index in [0.29, 0.717) is 11.8 Å². The lowest BCUT2D eigenvalue weighted by Gasteiger charge is -2.18. The summed E-state index contributed by atoms with van der Waals surface area (Å²) in [6.07, 6.45) is 0. The standard InChI is InChI=1S/C16H20S/c1-11(2)13-7-5-8-14(12(3)4)16(13)15-9-6-10-17-15/h5-12H,1-4H3. The molecule has 0 aliphatic heterocycles. The molecule has 0 aliphatic rings. The molecule has 2 aromatic rings. The monoisotopic (exact) mass is 244 g/mol. The molecule has 1 aromatic heterocycles. The molecule has 1 heteroatoms. The molecule has 90 valence electrons. The van der Waals surface area contributed by atoms with Gasteiger partial charge in [0.25, 0.3) is 0 Å². The van der Waals surface area contributed by atoms with Crippen molar-refractivity contribution in [3.8, 4) is 10.4 Å². The molecular formula is C16H20S. The summed E-state index contributed by atoms with van der Waals surface area (Å²) in [6.45, 7) is 9.10. The molecule has 0 amide bonds. The largest absolute Gasteiger partial charge is 0.144 e. The third-order valence-corrected chi connectivity index (χ3v) is 4.03. The van der Waals surface area contributed by atoms with Crippen molar-refractivity contribution in [1.82, 2.24) is 0 Å². The summed E-state index contributed by atoms with van der Waals surface area (Å²) in [5, 5.41) is 2.16. The highest BCUT2D eigenvalue weighted by Gasteiger charge is 2.15. The van der Waals surface area contributed by atoms with Crippen LogP contribution in [0.3, 0.4) is 0 Å². The Morgan fingerprint density at radius 3 is 1.82 bits per heavy atom. The van der Waals surface area contributed by atoms with E-state index < -0.39 is 0 Å². The molecule has 0 aliphatic carbocycles. The Bertz CT molecular complexity index is 452. The van der Waals surface area contributed by atoms with Gasteiger partial charge < -0.3 is 0 Å². The first-order valence-electron chi connectivity index (χ1n) is 6.28. The van der Waals surface area contributed by atoms with Crippen molar-refractivity contribution in [2.24, 2.45) is 0 Å². The fourth-order valence-corrected chi connectivity index (χ4v) is 3.07. The summed E-state index contributed by atoms with van der Waals surface area (Å²) in [7, 11) is 0. The number of rotatable bonds is 3. The minimum atomic E-state index is 0.575. The Morgan fingerprint density at radius 2 is 1.41 bits per heavy atom. The first-order valence-corrected chi connectivity index (χ1v) is 7.16. The van der Waals surface area contributed by atoms with Crippen molar-refractivity contribution in [3.63, 3.8) is 0 Å². The molecule has 0 radical (unpaired) electrons. The van der Waals surface area contributed by atoms with Crippen LogP contribution in [0.4, 0.5) is 0 Å². The van der Waals surface area contributed by atoms with Crippen LogP contribution in [-0.2, 0) is 0 Å². The fraction of sp³-hybridized carbons (Fsp3) is 0.375. The predicted octanol–water partition coefficient (Wildman–Crippen LogP) is 5.66. The first kappa shape index (κ1) is 12.4. The fourth-order valence-electron chi connectivity index (χ4n) is 2.26. The highest BCUT2D eigenvalue weighted by atomic mass is 32.1. The van der Waals surface area contributed by atoms with E-state index in [9.17, 15) is 0 Å². The Balaban J connectivity index is 2.67. The molecule has 0 atom stereocenters. The van der Waals surface area contributed by atoms with E-state index >= 15 is 0 Å². The Labute approximate surface area is 108 Å². The van der Waals surface area contributed by atoms with E-state index in [1.54, 1.807) is 0 Å². The molecule has 17 heavy (non-hydrogen) atoms. The Morgan fingerprint density at radius 1 is 0.824 bits per heavy atom. The van der Waals surface area contributed by atoms with E-state index in [2.05, 4.69) is 63.4 Å². The molecule has 0 fully saturated rings. The second-order valence-electron chi connectivity index (χ2n) is 5.10. The third-order valence-electron chi connectivity index (χ3n) is 3.14. The van der Waals surface area contributed by atoms with Crippen LogP contribution < -0.4 is 0 Å². The van der Waals surface area contributed by atoms with Gasteiger partial charge in [-0.25, -0.2) is 0 Å². The van der Waals surface area contributed by atoms with Crippen molar-refractivity contribution in [2.75, 3.05) is 0 Å². The third kappa shape index (κ3) is 2.44. The van der Waals surface area contributed by atoms with Crippen LogP contribution in [0.15, 0.2) is 35.7 Å². The maximum atomic E-state index is 2.27. The summed E-state index contributed by atoms with van der Waals surface area (Å²) in [5.74, 6) is 1.15. The second kappa shape index (κ2) is 5.05. The van der Waals surface area contributed by atoms with Gasteiger partial charge in [0, 0.05) is 4.88 Å². The van der Waals surface area contributed by atoms with Crippen LogP contribution in [0.2, 0.25) is 0 Å². The van der Waals surface area contributed by atoms with Gasteiger partial charge in [-0.05, 0) is 40.0 Å². The van der Waals surface area contributed by atoms with E-state index in [-0.39, 0.29) is 0 Å². The smallest absolute Gasteiger partial charge is 0.0348 e. The molecule has 0 saturated heterocycles. The summed E-state index contributed by atoms with van der Waals surface area (Å²) in [5.41, 5.74) is 4.41. The number of thiophene rings is 1. The van der Waals surface area contributed by atoms with Crippen molar-refractivity contribution >= 4 is 11.3 Å². The molecule has 2 rings (SSSR count). The molecule has 1 heterocycles. The van der Waals surface area contributed by atoms with Gasteiger partial charge in [0.1, 0.15) is 0 Å². The molecule has 0 unspecified atom stereocenters. The molecule has 1 aromatic carbocycles. The van der Waals surface area contributed by atoms with Gasteiger partial charge in [0.05, 0.1) is 0 Å². The van der Waals surface area contributed by atoms with Crippen molar-refractivity contribution in [1.29, 1.82) is 0 Å². The summed E-state index contributed by atoms with van der Waals surface area (Å²) < 4.78 is 0. The zero-order chi connectivity index (χ0) is 12.4. The molecule has 0 spiro atoms. The summed E-state index contributed by atoms with van der Waals surface area (Å²) in [4.78, 5) is 1.40. The van der Waals surface area contributed by atoms with Crippen LogP contribution in [0.5, 0.6) is 0 Å². The van der Waals surface area contributed by atoms with Crippen LogP contribution in [0.1, 0.15) is 50.7 Å². The molecular weight excluding hydrogens is 224 g/mol. The van der Waals surface area contributed by atoms with Gasteiger partial charge in [-0.1, -0.05) is 52.0 Å².